The lowest BCUT2D eigenvalue weighted by Crippen LogP contribution is -2.42. The minimum absolute atomic E-state index is 0.00906. The Bertz CT molecular complexity index is 713. The van der Waals surface area contributed by atoms with Crippen molar-refractivity contribution in [3.8, 4) is 0 Å². The molecule has 0 saturated carbocycles. The van der Waals surface area contributed by atoms with Crippen molar-refractivity contribution in [3.05, 3.63) is 36.0 Å². The Morgan fingerprint density at radius 3 is 2.75 bits per heavy atom. The molecule has 3 amide bonds. The molecular weight excluding hydrogens is 336 g/mol. The van der Waals surface area contributed by atoms with Gasteiger partial charge in [0.25, 0.3) is 0 Å². The molecule has 0 radical (unpaired) electrons. The second-order valence-corrected chi connectivity index (χ2v) is 6.07. The first-order chi connectivity index (χ1) is 11.5. The van der Waals surface area contributed by atoms with Gasteiger partial charge in [-0.25, -0.2) is 0 Å². The summed E-state index contributed by atoms with van der Waals surface area (Å²) in [6.07, 6.45) is 1.35. The van der Waals surface area contributed by atoms with Crippen LogP contribution in [-0.4, -0.2) is 33.9 Å². The Kier molecular flexibility index (Phi) is 6.01. The number of furan rings is 1. The van der Waals surface area contributed by atoms with Crippen molar-refractivity contribution in [2.75, 3.05) is 11.1 Å². The third kappa shape index (κ3) is 5.16. The van der Waals surface area contributed by atoms with Crippen molar-refractivity contribution in [3.63, 3.8) is 0 Å². The molecule has 0 spiro atoms. The first-order valence-electron chi connectivity index (χ1n) is 6.94. The van der Waals surface area contributed by atoms with Gasteiger partial charge >= 0.3 is 5.91 Å². The molecule has 0 fully saturated rings. The van der Waals surface area contributed by atoms with Crippen molar-refractivity contribution in [1.29, 1.82) is 0 Å². The highest BCUT2D eigenvalue weighted by Gasteiger charge is 2.17. The third-order valence-electron chi connectivity index (χ3n) is 2.77. The first-order valence-corrected chi connectivity index (χ1v) is 7.99. The predicted molar refractivity (Wildman–Crippen MR) is 86.1 cm³/mol. The van der Waals surface area contributed by atoms with E-state index in [0.29, 0.717) is 11.6 Å². The summed E-state index contributed by atoms with van der Waals surface area (Å²) >= 11 is 1.11. The number of anilines is 1. The number of rotatable bonds is 6. The van der Waals surface area contributed by atoms with Gasteiger partial charge in [-0.3, -0.25) is 25.2 Å². The lowest BCUT2D eigenvalue weighted by atomic mass is 10.4. The van der Waals surface area contributed by atoms with Crippen LogP contribution in [0.5, 0.6) is 0 Å². The Morgan fingerprint density at radius 2 is 2.12 bits per heavy atom. The van der Waals surface area contributed by atoms with Gasteiger partial charge < -0.3 is 14.3 Å². The van der Waals surface area contributed by atoms with E-state index in [2.05, 4.69) is 21.3 Å². The number of carbonyl (C=O) groups excluding carboxylic acids is 3. The molecule has 2 aromatic heterocycles. The second kappa shape index (κ2) is 8.20. The van der Waals surface area contributed by atoms with E-state index in [1.165, 1.54) is 12.3 Å². The van der Waals surface area contributed by atoms with E-state index >= 15 is 0 Å². The summed E-state index contributed by atoms with van der Waals surface area (Å²) in [7, 11) is 0. The van der Waals surface area contributed by atoms with Gasteiger partial charge in [0.05, 0.1) is 17.3 Å². The first kappa shape index (κ1) is 17.6. The molecule has 128 valence electrons. The lowest BCUT2D eigenvalue weighted by Gasteiger charge is -2.10. The van der Waals surface area contributed by atoms with Crippen LogP contribution >= 0.6 is 11.8 Å². The minimum Gasteiger partial charge on any atom is -0.459 e. The highest BCUT2D eigenvalue weighted by Crippen LogP contribution is 2.14. The van der Waals surface area contributed by atoms with Gasteiger partial charge in [-0.05, 0) is 26.0 Å². The summed E-state index contributed by atoms with van der Waals surface area (Å²) in [6.45, 7) is 3.36. The van der Waals surface area contributed by atoms with Crippen molar-refractivity contribution >= 4 is 35.3 Å². The summed E-state index contributed by atoms with van der Waals surface area (Å²) in [5.74, 6) is -0.343. The number of hydrogen-bond acceptors (Lipinski definition) is 7. The summed E-state index contributed by atoms with van der Waals surface area (Å²) < 4.78 is 9.73. The summed E-state index contributed by atoms with van der Waals surface area (Å²) in [6, 6.07) is 4.61. The molecule has 0 aliphatic heterocycles. The monoisotopic (exact) mass is 352 g/mol. The minimum atomic E-state index is -0.564. The predicted octanol–water partition coefficient (Wildman–Crippen LogP) is 1.10. The maximum atomic E-state index is 11.9. The summed E-state index contributed by atoms with van der Waals surface area (Å²) in [5, 5.41) is 5.74. The molecule has 0 unspecified atom stereocenters. The lowest BCUT2D eigenvalue weighted by molar-refractivity contribution is -0.119. The Morgan fingerprint density at radius 1 is 1.33 bits per heavy atom. The molecule has 1 atom stereocenters. The number of carbonyl (C=O) groups is 3. The van der Waals surface area contributed by atoms with Gasteiger partial charge in [0, 0.05) is 6.07 Å². The quantitative estimate of drug-likeness (QED) is 0.664. The molecule has 2 rings (SSSR count). The maximum absolute atomic E-state index is 11.9. The van der Waals surface area contributed by atoms with Crippen LogP contribution in [-0.2, 0) is 9.59 Å². The number of aryl methyl sites for hydroxylation is 1. The highest BCUT2D eigenvalue weighted by molar-refractivity contribution is 8.01. The average molecular weight is 352 g/mol. The van der Waals surface area contributed by atoms with Gasteiger partial charge in [0.2, 0.25) is 11.8 Å². The highest BCUT2D eigenvalue weighted by atomic mass is 32.2. The van der Waals surface area contributed by atoms with Crippen LogP contribution in [0, 0.1) is 6.92 Å². The zero-order valence-corrected chi connectivity index (χ0v) is 13.8. The van der Waals surface area contributed by atoms with E-state index in [1.807, 2.05) is 0 Å². The van der Waals surface area contributed by atoms with Gasteiger partial charge in [-0.2, -0.15) is 0 Å². The number of hydrogen-bond donors (Lipinski definition) is 3. The van der Waals surface area contributed by atoms with Crippen LogP contribution in [0.15, 0.2) is 33.4 Å². The van der Waals surface area contributed by atoms with Crippen LogP contribution in [0.25, 0.3) is 0 Å². The number of thioether (sulfide) groups is 1. The van der Waals surface area contributed by atoms with Crippen molar-refractivity contribution in [1.82, 2.24) is 16.0 Å². The number of nitrogens with zero attached hydrogens (tertiary/aromatic N) is 1. The van der Waals surface area contributed by atoms with Crippen LogP contribution in [0.1, 0.15) is 23.2 Å². The SMILES string of the molecule is Cc1cc(NC(=O)[C@H](C)SCC(=O)NNC(=O)c2ccco2)no1. The Hall–Kier alpha value is -2.75. The fourth-order valence-corrected chi connectivity index (χ4v) is 2.25. The molecule has 0 aromatic carbocycles. The zero-order chi connectivity index (χ0) is 17.5. The average Bonchev–Trinajstić information content (AvgIpc) is 3.22. The van der Waals surface area contributed by atoms with Crippen LogP contribution < -0.4 is 16.2 Å². The van der Waals surface area contributed by atoms with Gasteiger partial charge in [0.15, 0.2) is 11.6 Å². The van der Waals surface area contributed by atoms with Crippen molar-refractivity contribution in [2.45, 2.75) is 19.1 Å². The third-order valence-corrected chi connectivity index (χ3v) is 3.92. The molecule has 3 N–H and O–H groups in total. The largest absolute Gasteiger partial charge is 0.459 e. The summed E-state index contributed by atoms with van der Waals surface area (Å²) in [4.78, 5) is 35.2. The topological polar surface area (TPSA) is 126 Å². The molecule has 0 bridgehead atoms. The number of amides is 3. The maximum Gasteiger partial charge on any atom is 0.305 e. The number of nitrogens with one attached hydrogen (secondary N) is 3. The smallest absolute Gasteiger partial charge is 0.305 e. The van der Waals surface area contributed by atoms with Crippen LogP contribution in [0.2, 0.25) is 0 Å². The Balaban J connectivity index is 1.68. The standard InChI is InChI=1S/C14H16N4O5S/c1-8-6-11(18-23-8)15-13(20)9(2)24-7-12(19)16-17-14(21)10-4-3-5-22-10/h3-6,9H,7H2,1-2H3,(H,16,19)(H,17,21)(H,15,18,20)/t9-/m0/s1. The van der Waals surface area contributed by atoms with E-state index < -0.39 is 17.1 Å². The molecule has 24 heavy (non-hydrogen) atoms. The molecule has 0 aliphatic rings. The molecule has 0 aliphatic carbocycles. The normalized spacial score (nSPS) is 11.6. The fourth-order valence-electron chi connectivity index (χ4n) is 1.56. The van der Waals surface area contributed by atoms with Gasteiger partial charge in [-0.15, -0.1) is 11.8 Å². The van der Waals surface area contributed by atoms with E-state index in [9.17, 15) is 14.4 Å². The van der Waals surface area contributed by atoms with Crippen molar-refractivity contribution < 1.29 is 23.3 Å². The second-order valence-electron chi connectivity index (χ2n) is 4.74. The van der Waals surface area contributed by atoms with Crippen LogP contribution in [0.4, 0.5) is 5.82 Å². The van der Waals surface area contributed by atoms with E-state index in [-0.39, 0.29) is 17.4 Å². The Labute approximate surface area is 141 Å². The molecule has 2 heterocycles. The van der Waals surface area contributed by atoms with E-state index in [1.54, 1.807) is 26.0 Å². The zero-order valence-electron chi connectivity index (χ0n) is 13.0. The van der Waals surface area contributed by atoms with Crippen LogP contribution in [0.3, 0.4) is 0 Å². The number of hydrazine groups is 1. The fraction of sp³-hybridized carbons (Fsp3) is 0.286. The molecular formula is C14H16N4O5S. The molecule has 2 aromatic rings. The molecule has 10 heteroatoms. The molecule has 9 nitrogen and oxygen atoms in total. The van der Waals surface area contributed by atoms with Crippen molar-refractivity contribution in [2.24, 2.45) is 0 Å². The van der Waals surface area contributed by atoms with E-state index in [4.69, 9.17) is 8.94 Å². The van der Waals surface area contributed by atoms with Gasteiger partial charge in [-0.1, -0.05) is 5.16 Å². The number of aromatic nitrogens is 1. The molecule has 0 saturated heterocycles. The summed E-state index contributed by atoms with van der Waals surface area (Å²) in [5.41, 5.74) is 4.45. The van der Waals surface area contributed by atoms with E-state index in [0.717, 1.165) is 11.8 Å². The van der Waals surface area contributed by atoms with Gasteiger partial charge in [0.1, 0.15) is 5.76 Å².